The topological polar surface area (TPSA) is 175 Å². The Morgan fingerprint density at radius 1 is 0.807 bits per heavy atom. The second kappa shape index (κ2) is 21.9. The van der Waals surface area contributed by atoms with Crippen LogP contribution in [-0.4, -0.2) is 93.1 Å². The first kappa shape index (κ1) is 48.7. The van der Waals surface area contributed by atoms with Crippen molar-refractivity contribution in [3.63, 3.8) is 0 Å². The molecule has 4 atom stereocenters. The third-order valence-corrected chi connectivity index (χ3v) is 9.92. The first-order chi connectivity index (χ1) is 25.6. The van der Waals surface area contributed by atoms with Gasteiger partial charge in [0.25, 0.3) is 0 Å². The summed E-state index contributed by atoms with van der Waals surface area (Å²) in [6.07, 6.45) is 4.20. The van der Waals surface area contributed by atoms with Crippen molar-refractivity contribution in [2.45, 2.75) is 77.0 Å². The number of aromatic amines is 2. The summed E-state index contributed by atoms with van der Waals surface area (Å²) >= 11 is 0. The molecule has 0 bridgehead atoms. The minimum atomic E-state index is -0.692. The van der Waals surface area contributed by atoms with E-state index in [9.17, 15) is 19.2 Å². The summed E-state index contributed by atoms with van der Waals surface area (Å²) in [7, 11) is 2.56. The average Bonchev–Trinajstić information content (AvgIpc) is 4.00. The maximum atomic E-state index is 13.5. The number of rotatable bonds is 9. The van der Waals surface area contributed by atoms with Crippen molar-refractivity contribution in [3.8, 4) is 23.1 Å². The van der Waals surface area contributed by atoms with E-state index < -0.39 is 24.3 Å². The highest BCUT2D eigenvalue weighted by Gasteiger charge is 2.38. The molecule has 0 radical (unpaired) electrons. The van der Waals surface area contributed by atoms with E-state index in [0.717, 1.165) is 59.1 Å². The molecule has 4 heterocycles. The highest BCUT2D eigenvalue weighted by Crippen LogP contribution is 2.34. The number of nitrogens with one attached hydrogen (secondary N) is 4. The maximum absolute atomic E-state index is 13.5. The van der Waals surface area contributed by atoms with E-state index in [4.69, 9.17) is 14.5 Å². The van der Waals surface area contributed by atoms with Crippen LogP contribution in [0.5, 0.6) is 0 Å². The van der Waals surface area contributed by atoms with Crippen molar-refractivity contribution in [2.75, 3.05) is 27.3 Å². The SMILES string of the molecule is CC[C@H](NC(=O)OC)C(=O)N1CCC[C@H]1c1nc2ccc(C#Cc3ccc(-c4cnc([C@@H]5CCCN5C(=O)[C@@H](NC(=O)OC)C(C)C)[nH]4)cc3)cc2[nH]1.S.S.S.S. The Bertz CT molecular complexity index is 2050. The Labute approximate surface area is 361 Å². The predicted molar refractivity (Wildman–Crippen MR) is 239 cm³/mol. The molecule has 57 heavy (non-hydrogen) atoms. The van der Waals surface area contributed by atoms with Crippen LogP contribution in [0.1, 0.15) is 87.7 Å². The number of methoxy groups -OCH3 is 2. The molecule has 18 heteroatoms. The van der Waals surface area contributed by atoms with Crippen LogP contribution in [0.15, 0.2) is 48.7 Å². The van der Waals surface area contributed by atoms with Crippen molar-refractivity contribution in [2.24, 2.45) is 5.92 Å². The molecule has 310 valence electrons. The first-order valence-corrected chi connectivity index (χ1v) is 18.1. The predicted octanol–water partition coefficient (Wildman–Crippen LogP) is 5.65. The van der Waals surface area contributed by atoms with E-state index in [-0.39, 0.29) is 83.8 Å². The number of ether oxygens (including phenoxy) is 2. The monoisotopic (exact) mass is 858 g/mol. The standard InChI is InChI=1S/C39H46N8O6.4H2S/c1-6-27(44-38(50)52-4)36(48)46-19-8-10-32(46)35-41-28-18-15-25(21-29(28)42-35)12-11-24-13-16-26(17-14-24)30-22-40-34(43-30)31-9-7-20-47(31)37(49)33(23(2)3)45-39(51)53-5;;;;/h13-18,21-23,27,31-33H,6-10,19-20H2,1-5H3,(H,40,43)(H,41,42)(H,44,50)(H,45,51);4*1H2/t27-,31-,32-,33-;;;;/m0..../s1. The lowest BCUT2D eigenvalue weighted by molar-refractivity contribution is -0.135. The Morgan fingerprint density at radius 3 is 2.00 bits per heavy atom. The number of aromatic nitrogens is 4. The van der Waals surface area contributed by atoms with Gasteiger partial charge < -0.3 is 39.9 Å². The Balaban J connectivity index is 0.00000280. The van der Waals surface area contributed by atoms with Crippen molar-refractivity contribution < 1.29 is 28.7 Å². The lowest BCUT2D eigenvalue weighted by Gasteiger charge is -2.30. The molecule has 6 rings (SSSR count). The number of likely N-dealkylation sites (tertiary alicyclic amines) is 2. The summed E-state index contributed by atoms with van der Waals surface area (Å²) in [5.74, 6) is 7.51. The van der Waals surface area contributed by atoms with Crippen LogP contribution in [0.25, 0.3) is 22.3 Å². The lowest BCUT2D eigenvalue weighted by Crippen LogP contribution is -2.51. The number of hydrogen-bond donors (Lipinski definition) is 4. The van der Waals surface area contributed by atoms with Gasteiger partial charge in [0, 0.05) is 24.2 Å². The molecule has 0 spiro atoms. The summed E-state index contributed by atoms with van der Waals surface area (Å²) in [5, 5.41) is 5.32. The van der Waals surface area contributed by atoms with Gasteiger partial charge in [-0.1, -0.05) is 44.7 Å². The van der Waals surface area contributed by atoms with Crippen LogP contribution in [0.2, 0.25) is 0 Å². The van der Waals surface area contributed by atoms with Gasteiger partial charge >= 0.3 is 12.2 Å². The minimum Gasteiger partial charge on any atom is -0.453 e. The van der Waals surface area contributed by atoms with E-state index in [0.29, 0.717) is 31.2 Å². The summed E-state index contributed by atoms with van der Waals surface area (Å²) in [4.78, 5) is 70.4. The Morgan fingerprint density at radius 2 is 1.39 bits per heavy atom. The summed E-state index contributed by atoms with van der Waals surface area (Å²) in [5.41, 5.74) is 5.05. The van der Waals surface area contributed by atoms with Crippen LogP contribution in [0.4, 0.5) is 9.59 Å². The van der Waals surface area contributed by atoms with E-state index in [2.05, 4.69) is 37.4 Å². The third kappa shape index (κ3) is 11.2. The largest absolute Gasteiger partial charge is 0.453 e. The number of amides is 4. The highest BCUT2D eigenvalue weighted by atomic mass is 32.1. The van der Waals surface area contributed by atoms with Gasteiger partial charge in [-0.25, -0.2) is 19.6 Å². The van der Waals surface area contributed by atoms with Gasteiger partial charge in [-0.2, -0.15) is 54.0 Å². The van der Waals surface area contributed by atoms with Crippen LogP contribution >= 0.6 is 54.0 Å². The zero-order chi connectivity index (χ0) is 37.6. The molecule has 0 aliphatic carbocycles. The van der Waals surface area contributed by atoms with Gasteiger partial charge in [0.15, 0.2) is 0 Å². The van der Waals surface area contributed by atoms with Gasteiger partial charge in [0.05, 0.1) is 49.2 Å². The second-order valence-electron chi connectivity index (χ2n) is 13.7. The van der Waals surface area contributed by atoms with E-state index in [1.54, 1.807) is 16.0 Å². The number of benzene rings is 2. The second-order valence-corrected chi connectivity index (χ2v) is 13.7. The molecule has 2 saturated heterocycles. The Kier molecular flexibility index (Phi) is 18.7. The summed E-state index contributed by atoms with van der Waals surface area (Å²) < 4.78 is 9.44. The number of hydrogen-bond acceptors (Lipinski definition) is 8. The summed E-state index contributed by atoms with van der Waals surface area (Å²) in [6.45, 7) is 6.82. The zero-order valence-electron chi connectivity index (χ0n) is 32.7. The molecule has 4 N–H and O–H groups in total. The smallest absolute Gasteiger partial charge is 0.407 e. The van der Waals surface area contributed by atoms with Crippen LogP contribution in [-0.2, 0) is 19.1 Å². The maximum Gasteiger partial charge on any atom is 0.407 e. The third-order valence-electron chi connectivity index (χ3n) is 9.92. The molecule has 2 aromatic carbocycles. The summed E-state index contributed by atoms with van der Waals surface area (Å²) in [6, 6.07) is 11.9. The molecule has 0 saturated carbocycles. The zero-order valence-corrected chi connectivity index (χ0v) is 36.7. The number of imidazole rings is 2. The minimum absolute atomic E-state index is 0. The fraction of sp³-hybridized carbons (Fsp3) is 0.436. The van der Waals surface area contributed by atoms with Crippen molar-refractivity contribution >= 4 is 89.0 Å². The first-order valence-electron chi connectivity index (χ1n) is 18.1. The lowest BCUT2D eigenvalue weighted by atomic mass is 10.0. The molecule has 0 unspecified atom stereocenters. The highest BCUT2D eigenvalue weighted by molar-refractivity contribution is 7.59. The molecule has 4 amide bonds. The average molecular weight is 859 g/mol. The van der Waals surface area contributed by atoms with Crippen LogP contribution in [0.3, 0.4) is 0 Å². The van der Waals surface area contributed by atoms with Gasteiger partial charge in [0.2, 0.25) is 11.8 Å². The van der Waals surface area contributed by atoms with Gasteiger partial charge in [-0.3, -0.25) is 9.59 Å². The molecular formula is C39H54N8O6S4. The molecular weight excluding hydrogens is 805 g/mol. The number of alkyl carbamates (subject to hydrolysis) is 2. The van der Waals surface area contributed by atoms with E-state index in [1.165, 1.54) is 14.2 Å². The van der Waals surface area contributed by atoms with Crippen molar-refractivity contribution in [1.82, 2.24) is 40.4 Å². The fourth-order valence-electron chi connectivity index (χ4n) is 7.04. The van der Waals surface area contributed by atoms with Crippen molar-refractivity contribution in [3.05, 3.63) is 71.4 Å². The number of fused-ring (bicyclic) bond motifs is 1. The van der Waals surface area contributed by atoms with E-state index in [1.807, 2.05) is 63.2 Å². The van der Waals surface area contributed by atoms with Crippen LogP contribution < -0.4 is 10.6 Å². The van der Waals surface area contributed by atoms with Crippen molar-refractivity contribution in [1.29, 1.82) is 0 Å². The molecule has 2 aromatic heterocycles. The molecule has 4 aromatic rings. The number of carbonyl (C=O) groups excluding carboxylic acids is 4. The molecule has 2 fully saturated rings. The van der Waals surface area contributed by atoms with Gasteiger partial charge in [0.1, 0.15) is 23.7 Å². The van der Waals surface area contributed by atoms with E-state index >= 15 is 0 Å². The normalized spacial score (nSPS) is 16.7. The number of carbonyl (C=O) groups is 4. The number of nitrogens with zero attached hydrogens (tertiary/aromatic N) is 4. The molecule has 14 nitrogen and oxygen atoms in total. The molecule has 2 aliphatic rings. The number of H-pyrrole nitrogens is 2. The van der Waals surface area contributed by atoms with Gasteiger partial charge in [-0.05, 0) is 73.9 Å². The quantitative estimate of drug-likeness (QED) is 0.156. The Hall–Kier alpha value is -4.44. The van der Waals surface area contributed by atoms with Crippen LogP contribution in [0, 0.1) is 17.8 Å². The van der Waals surface area contributed by atoms with Gasteiger partial charge in [-0.15, -0.1) is 0 Å². The fourth-order valence-corrected chi connectivity index (χ4v) is 7.04. The molecule has 2 aliphatic heterocycles.